The molecule has 9 heteroatoms. The van der Waals surface area contributed by atoms with Crippen LogP contribution in [0.5, 0.6) is 0 Å². The zero-order valence-corrected chi connectivity index (χ0v) is 24.7. The summed E-state index contributed by atoms with van der Waals surface area (Å²) in [6.45, 7) is 11.5. The van der Waals surface area contributed by atoms with Crippen LogP contribution in [0.3, 0.4) is 0 Å². The molecule has 1 aliphatic heterocycles. The molecule has 3 heterocycles. The van der Waals surface area contributed by atoms with Crippen molar-refractivity contribution in [3.63, 3.8) is 0 Å². The second-order valence-corrected chi connectivity index (χ2v) is 12.8. The fourth-order valence-corrected chi connectivity index (χ4v) is 6.67. The van der Waals surface area contributed by atoms with E-state index in [0.717, 1.165) is 67.4 Å². The maximum atomic E-state index is 12.6. The van der Waals surface area contributed by atoms with Crippen LogP contribution in [0.1, 0.15) is 49.9 Å². The lowest BCUT2D eigenvalue weighted by Gasteiger charge is -2.30. The molecule has 0 bridgehead atoms. The highest BCUT2D eigenvalue weighted by Gasteiger charge is 2.32. The van der Waals surface area contributed by atoms with Crippen molar-refractivity contribution >= 4 is 50.2 Å². The van der Waals surface area contributed by atoms with E-state index < -0.39 is 17.7 Å². The number of nitrogens with one attached hydrogen (secondary N) is 1. The normalized spacial score (nSPS) is 15.1. The van der Waals surface area contributed by atoms with Crippen molar-refractivity contribution in [1.82, 2.24) is 19.9 Å². The smallest absolute Gasteiger partial charge is 0.337 e. The van der Waals surface area contributed by atoms with Gasteiger partial charge in [0.2, 0.25) is 0 Å². The van der Waals surface area contributed by atoms with Gasteiger partial charge in [-0.15, -0.1) is 11.3 Å². The van der Waals surface area contributed by atoms with E-state index in [9.17, 15) is 9.90 Å². The first-order chi connectivity index (χ1) is 19.0. The van der Waals surface area contributed by atoms with E-state index in [-0.39, 0.29) is 0 Å². The number of hydrogen-bond acceptors (Lipinski definition) is 6. The fraction of sp³-hybridized carbons (Fsp3) is 0.323. The van der Waals surface area contributed by atoms with Crippen LogP contribution in [-0.4, -0.2) is 44.3 Å². The number of carboxylic acid groups (broad SMARTS) is 1. The molecular formula is C31H31ClN4O3S. The number of nitrogens with zero attached hydrogens (tertiary/aromatic N) is 3. The quantitative estimate of drug-likeness (QED) is 0.221. The Labute approximate surface area is 241 Å². The Bertz CT molecular complexity index is 1760. The van der Waals surface area contributed by atoms with Crippen LogP contribution in [0.2, 0.25) is 5.02 Å². The Morgan fingerprint density at radius 1 is 1.07 bits per heavy atom. The standard InChI is InChI=1S/C31H31ClN4O3S/c1-16-12-23-28(26(18-6-9-20(32)10-7-18)25(16)27(30(37)38)39-31(3,4)5)40-29(35-23)19-8-11-22-24(13-19)36(17(2)34-22)21-14-33-15-21/h6-13,21,27,33H,14-15H2,1-5H3,(H,37,38)/t27-/m0/s1. The number of aryl methyl sites for hydroxylation is 2. The van der Waals surface area contributed by atoms with E-state index >= 15 is 0 Å². The van der Waals surface area contributed by atoms with Crippen LogP contribution in [0, 0.1) is 13.8 Å². The van der Waals surface area contributed by atoms with E-state index in [4.69, 9.17) is 26.3 Å². The average molecular weight is 575 g/mol. The van der Waals surface area contributed by atoms with E-state index in [1.807, 2.05) is 58.0 Å². The fourth-order valence-electron chi connectivity index (χ4n) is 5.43. The van der Waals surface area contributed by atoms with Gasteiger partial charge in [0.1, 0.15) is 10.8 Å². The lowest BCUT2D eigenvalue weighted by molar-refractivity contribution is -0.160. The van der Waals surface area contributed by atoms with Gasteiger partial charge in [-0.25, -0.2) is 14.8 Å². The molecule has 2 aromatic heterocycles. The first kappa shape index (κ1) is 26.9. The summed E-state index contributed by atoms with van der Waals surface area (Å²) in [7, 11) is 0. The first-order valence-corrected chi connectivity index (χ1v) is 14.5. The zero-order chi connectivity index (χ0) is 28.3. The highest BCUT2D eigenvalue weighted by molar-refractivity contribution is 7.22. The van der Waals surface area contributed by atoms with Gasteiger partial charge in [0.15, 0.2) is 6.10 Å². The van der Waals surface area contributed by atoms with Gasteiger partial charge in [0, 0.05) is 34.8 Å². The molecule has 6 rings (SSSR count). The Hall–Kier alpha value is -3.30. The molecule has 206 valence electrons. The molecule has 3 aromatic carbocycles. The van der Waals surface area contributed by atoms with Crippen LogP contribution >= 0.6 is 22.9 Å². The summed E-state index contributed by atoms with van der Waals surface area (Å²) in [4.78, 5) is 22.4. The van der Waals surface area contributed by atoms with Crippen molar-refractivity contribution in [3.8, 4) is 21.7 Å². The van der Waals surface area contributed by atoms with Gasteiger partial charge in [0.25, 0.3) is 0 Å². The lowest BCUT2D eigenvalue weighted by Crippen LogP contribution is -2.43. The highest BCUT2D eigenvalue weighted by Crippen LogP contribution is 2.44. The molecule has 0 radical (unpaired) electrons. The largest absolute Gasteiger partial charge is 0.479 e. The monoisotopic (exact) mass is 574 g/mol. The predicted octanol–water partition coefficient (Wildman–Crippen LogP) is 7.34. The van der Waals surface area contributed by atoms with Crippen LogP contribution in [0.4, 0.5) is 0 Å². The van der Waals surface area contributed by atoms with Crippen molar-refractivity contribution < 1.29 is 14.6 Å². The van der Waals surface area contributed by atoms with Crippen molar-refractivity contribution in [1.29, 1.82) is 0 Å². The number of aromatic nitrogens is 3. The molecule has 0 amide bonds. The molecule has 1 aliphatic rings. The van der Waals surface area contributed by atoms with Gasteiger partial charge in [-0.2, -0.15) is 0 Å². The number of fused-ring (bicyclic) bond motifs is 2. The Morgan fingerprint density at radius 2 is 1.77 bits per heavy atom. The number of imidazole rings is 1. The molecule has 0 unspecified atom stereocenters. The summed E-state index contributed by atoms with van der Waals surface area (Å²) >= 11 is 7.79. The molecule has 5 aromatic rings. The number of thiazole rings is 1. The molecule has 1 atom stereocenters. The summed E-state index contributed by atoms with van der Waals surface area (Å²) in [6, 6.07) is 16.2. The molecule has 40 heavy (non-hydrogen) atoms. The minimum Gasteiger partial charge on any atom is -0.479 e. The number of carboxylic acids is 1. The highest BCUT2D eigenvalue weighted by atomic mass is 35.5. The van der Waals surface area contributed by atoms with Crippen LogP contribution in [-0.2, 0) is 9.53 Å². The Balaban J connectivity index is 1.57. The number of hydrogen-bond donors (Lipinski definition) is 2. The van der Waals surface area contributed by atoms with Crippen LogP contribution in [0.15, 0.2) is 48.5 Å². The first-order valence-electron chi connectivity index (χ1n) is 13.3. The van der Waals surface area contributed by atoms with Gasteiger partial charge in [-0.05, 0) is 82.1 Å². The maximum Gasteiger partial charge on any atom is 0.337 e. The molecular weight excluding hydrogens is 544 g/mol. The molecule has 2 N–H and O–H groups in total. The molecule has 0 spiro atoms. The minimum atomic E-state index is -1.15. The van der Waals surface area contributed by atoms with Gasteiger partial charge >= 0.3 is 5.97 Å². The number of carbonyl (C=O) groups is 1. The summed E-state index contributed by atoms with van der Waals surface area (Å²) in [5, 5.41) is 15.1. The van der Waals surface area contributed by atoms with Gasteiger partial charge in [0.05, 0.1) is 32.9 Å². The van der Waals surface area contributed by atoms with E-state index in [1.165, 1.54) is 0 Å². The molecule has 0 aliphatic carbocycles. The zero-order valence-electron chi connectivity index (χ0n) is 23.1. The number of ether oxygens (including phenoxy) is 1. The van der Waals surface area contributed by atoms with Crippen molar-refractivity contribution in [3.05, 3.63) is 70.5 Å². The molecule has 1 saturated heterocycles. The third kappa shape index (κ3) is 4.79. The summed E-state index contributed by atoms with van der Waals surface area (Å²) in [5.74, 6) is -0.0244. The third-order valence-electron chi connectivity index (χ3n) is 7.26. The second kappa shape index (κ2) is 9.96. The van der Waals surface area contributed by atoms with Gasteiger partial charge in [-0.1, -0.05) is 23.7 Å². The van der Waals surface area contributed by atoms with Crippen molar-refractivity contribution in [2.45, 2.75) is 52.4 Å². The molecule has 1 fully saturated rings. The third-order valence-corrected chi connectivity index (χ3v) is 8.65. The summed E-state index contributed by atoms with van der Waals surface area (Å²) in [5.41, 5.74) is 6.36. The van der Waals surface area contributed by atoms with Crippen LogP contribution in [0.25, 0.3) is 42.9 Å². The second-order valence-electron chi connectivity index (χ2n) is 11.3. The van der Waals surface area contributed by atoms with Crippen LogP contribution < -0.4 is 5.32 Å². The van der Waals surface area contributed by atoms with Crippen molar-refractivity contribution in [2.75, 3.05) is 13.1 Å². The molecule has 0 saturated carbocycles. The van der Waals surface area contributed by atoms with E-state index in [1.54, 1.807) is 11.3 Å². The van der Waals surface area contributed by atoms with E-state index in [2.05, 4.69) is 35.0 Å². The lowest BCUT2D eigenvalue weighted by atomic mass is 9.91. The summed E-state index contributed by atoms with van der Waals surface area (Å²) in [6.07, 6.45) is -1.15. The van der Waals surface area contributed by atoms with Crippen molar-refractivity contribution in [2.24, 2.45) is 0 Å². The van der Waals surface area contributed by atoms with Gasteiger partial charge < -0.3 is 19.7 Å². The maximum absolute atomic E-state index is 12.6. The number of aliphatic carboxylic acids is 1. The summed E-state index contributed by atoms with van der Waals surface area (Å²) < 4.78 is 9.36. The Kier molecular flexibility index (Phi) is 6.70. The predicted molar refractivity (Wildman–Crippen MR) is 161 cm³/mol. The number of benzene rings is 3. The Morgan fingerprint density at radius 3 is 2.40 bits per heavy atom. The average Bonchev–Trinajstić information content (AvgIpc) is 3.41. The molecule has 7 nitrogen and oxygen atoms in total. The topological polar surface area (TPSA) is 89.3 Å². The number of halogens is 1. The van der Waals surface area contributed by atoms with Gasteiger partial charge in [-0.3, -0.25) is 0 Å². The van der Waals surface area contributed by atoms with E-state index in [0.29, 0.717) is 16.6 Å². The number of rotatable bonds is 6. The SMILES string of the molecule is Cc1cc2nc(-c3ccc4nc(C)n(C5CNC5)c4c3)sc2c(-c2ccc(Cl)cc2)c1[C@H](OC(C)(C)C)C(=O)O. The minimum absolute atomic E-state index is 0.396.